The molecule has 0 radical (unpaired) electrons. The van der Waals surface area contributed by atoms with Gasteiger partial charge in [-0.15, -0.1) is 0 Å². The fourth-order valence-corrected chi connectivity index (χ4v) is 1.74. The van der Waals surface area contributed by atoms with Gasteiger partial charge in [0.1, 0.15) is 5.52 Å². The Labute approximate surface area is 117 Å². The molecule has 0 aromatic carbocycles. The Morgan fingerprint density at radius 1 is 1.40 bits per heavy atom. The van der Waals surface area contributed by atoms with Crippen LogP contribution in [0.5, 0.6) is 0 Å². The molecule has 0 aliphatic rings. The molecule has 8 nitrogen and oxygen atoms in total. The highest BCUT2D eigenvalue weighted by Crippen LogP contribution is 2.18. The van der Waals surface area contributed by atoms with Crippen molar-refractivity contribution in [3.05, 3.63) is 6.33 Å². The maximum absolute atomic E-state index is 9.67. The molecule has 2 rings (SSSR count). The number of aromatic nitrogens is 4. The van der Waals surface area contributed by atoms with Crippen molar-refractivity contribution in [2.45, 2.75) is 19.4 Å². The minimum absolute atomic E-state index is 0.269. The number of aliphatic hydroxyl groups excluding tert-OH is 1. The molecule has 1 atom stereocenters. The van der Waals surface area contributed by atoms with Crippen LogP contribution in [0.1, 0.15) is 13.3 Å². The van der Waals surface area contributed by atoms with Crippen molar-refractivity contribution in [3.8, 4) is 0 Å². The highest BCUT2D eigenvalue weighted by molar-refractivity contribution is 5.83. The van der Waals surface area contributed by atoms with Gasteiger partial charge in [0.2, 0.25) is 5.95 Å². The van der Waals surface area contributed by atoms with Crippen molar-refractivity contribution >= 4 is 22.9 Å². The third kappa shape index (κ3) is 3.55. The SMILES string of the molecule is CCCNc1nc(NCC(O)COC)c2[nH]cnc2n1. The predicted molar refractivity (Wildman–Crippen MR) is 76.8 cm³/mol. The zero-order chi connectivity index (χ0) is 14.4. The Morgan fingerprint density at radius 2 is 2.25 bits per heavy atom. The van der Waals surface area contributed by atoms with E-state index in [1.807, 2.05) is 0 Å². The van der Waals surface area contributed by atoms with Crippen LogP contribution in [0.25, 0.3) is 11.2 Å². The molecule has 1 unspecified atom stereocenters. The highest BCUT2D eigenvalue weighted by atomic mass is 16.5. The van der Waals surface area contributed by atoms with E-state index in [0.717, 1.165) is 18.5 Å². The van der Waals surface area contributed by atoms with Crippen LogP contribution in [0.2, 0.25) is 0 Å². The first-order valence-electron chi connectivity index (χ1n) is 6.60. The topological polar surface area (TPSA) is 108 Å². The van der Waals surface area contributed by atoms with Gasteiger partial charge in [-0.25, -0.2) is 4.98 Å². The number of aromatic amines is 1. The molecule has 4 N–H and O–H groups in total. The third-order valence-electron chi connectivity index (χ3n) is 2.68. The quantitative estimate of drug-likeness (QED) is 0.560. The summed E-state index contributed by atoms with van der Waals surface area (Å²) in [6, 6.07) is 0. The lowest BCUT2D eigenvalue weighted by Crippen LogP contribution is -2.24. The lowest BCUT2D eigenvalue weighted by molar-refractivity contribution is 0.0727. The molecule has 0 bridgehead atoms. The van der Waals surface area contributed by atoms with E-state index >= 15 is 0 Å². The van der Waals surface area contributed by atoms with Crippen LogP contribution in [0.4, 0.5) is 11.8 Å². The first kappa shape index (κ1) is 14.5. The second-order valence-electron chi connectivity index (χ2n) is 4.41. The van der Waals surface area contributed by atoms with Crippen molar-refractivity contribution in [1.29, 1.82) is 0 Å². The molecule has 0 aliphatic carbocycles. The standard InChI is InChI=1S/C12H20N6O2/c1-3-4-13-12-17-10(14-5-8(19)6-20-2)9-11(18-12)16-7-15-9/h7-8,19H,3-6H2,1-2H3,(H3,13,14,15,16,17,18). The Kier molecular flexibility index (Phi) is 5.08. The summed E-state index contributed by atoms with van der Waals surface area (Å²) in [7, 11) is 1.55. The van der Waals surface area contributed by atoms with E-state index in [9.17, 15) is 5.11 Å². The van der Waals surface area contributed by atoms with Crippen LogP contribution in [0, 0.1) is 0 Å². The molecule has 8 heteroatoms. The summed E-state index contributed by atoms with van der Waals surface area (Å²) in [5, 5.41) is 15.9. The van der Waals surface area contributed by atoms with E-state index < -0.39 is 6.10 Å². The molecule has 0 fully saturated rings. The van der Waals surface area contributed by atoms with E-state index in [1.54, 1.807) is 13.4 Å². The average Bonchev–Trinajstić information content (AvgIpc) is 2.91. The number of nitrogens with zero attached hydrogens (tertiary/aromatic N) is 3. The lowest BCUT2D eigenvalue weighted by Gasteiger charge is -2.12. The van der Waals surface area contributed by atoms with Gasteiger partial charge in [0.15, 0.2) is 11.5 Å². The summed E-state index contributed by atoms with van der Waals surface area (Å²) < 4.78 is 4.89. The monoisotopic (exact) mass is 280 g/mol. The first-order chi connectivity index (χ1) is 9.74. The Balaban J connectivity index is 2.14. The van der Waals surface area contributed by atoms with Crippen LogP contribution in [-0.4, -0.2) is 58.0 Å². The minimum atomic E-state index is -0.597. The number of H-pyrrole nitrogens is 1. The molecular formula is C12H20N6O2. The largest absolute Gasteiger partial charge is 0.389 e. The number of ether oxygens (including phenoxy) is 1. The van der Waals surface area contributed by atoms with Crippen LogP contribution < -0.4 is 10.6 Å². The number of rotatable bonds is 8. The normalized spacial score (nSPS) is 12.6. The molecule has 0 spiro atoms. The van der Waals surface area contributed by atoms with Crippen molar-refractivity contribution in [1.82, 2.24) is 19.9 Å². The number of aliphatic hydroxyl groups is 1. The average molecular weight is 280 g/mol. The fourth-order valence-electron chi connectivity index (χ4n) is 1.74. The molecule has 2 aromatic heterocycles. The van der Waals surface area contributed by atoms with Gasteiger partial charge >= 0.3 is 0 Å². The second kappa shape index (κ2) is 7.01. The number of methoxy groups -OCH3 is 1. The summed E-state index contributed by atoms with van der Waals surface area (Å²) >= 11 is 0. The first-order valence-corrected chi connectivity index (χ1v) is 6.60. The lowest BCUT2D eigenvalue weighted by atomic mass is 10.3. The number of nitrogens with one attached hydrogen (secondary N) is 3. The van der Waals surface area contributed by atoms with Crippen molar-refractivity contribution < 1.29 is 9.84 Å². The van der Waals surface area contributed by atoms with Crippen molar-refractivity contribution in [3.63, 3.8) is 0 Å². The van der Waals surface area contributed by atoms with Gasteiger partial charge in [-0.3, -0.25) is 0 Å². The van der Waals surface area contributed by atoms with Crippen molar-refractivity contribution in [2.24, 2.45) is 0 Å². The van der Waals surface area contributed by atoms with Gasteiger partial charge in [0.25, 0.3) is 0 Å². The van der Waals surface area contributed by atoms with Crippen molar-refractivity contribution in [2.75, 3.05) is 37.4 Å². The van der Waals surface area contributed by atoms with Crippen LogP contribution >= 0.6 is 0 Å². The fraction of sp³-hybridized carbons (Fsp3) is 0.583. The van der Waals surface area contributed by atoms with Gasteiger partial charge in [0.05, 0.1) is 19.0 Å². The number of imidazole rings is 1. The van der Waals surface area contributed by atoms with Gasteiger partial charge in [0, 0.05) is 20.2 Å². The van der Waals surface area contributed by atoms with Crippen LogP contribution in [0.15, 0.2) is 6.33 Å². The van der Waals surface area contributed by atoms with E-state index in [0.29, 0.717) is 24.0 Å². The number of hydrogen-bond donors (Lipinski definition) is 4. The summed E-state index contributed by atoms with van der Waals surface area (Å²) in [6.07, 6.45) is 1.96. The zero-order valence-electron chi connectivity index (χ0n) is 11.7. The molecule has 0 amide bonds. The predicted octanol–water partition coefficient (Wildman–Crippen LogP) is 0.594. The number of anilines is 2. The highest BCUT2D eigenvalue weighted by Gasteiger charge is 2.11. The van der Waals surface area contributed by atoms with Gasteiger partial charge in [-0.2, -0.15) is 9.97 Å². The van der Waals surface area contributed by atoms with E-state index in [-0.39, 0.29) is 6.61 Å². The van der Waals surface area contributed by atoms with Gasteiger partial charge < -0.3 is 25.5 Å². The molecule has 110 valence electrons. The summed E-state index contributed by atoms with van der Waals surface area (Å²) in [6.45, 7) is 3.47. The van der Waals surface area contributed by atoms with E-state index in [1.165, 1.54) is 0 Å². The smallest absolute Gasteiger partial charge is 0.226 e. The van der Waals surface area contributed by atoms with E-state index in [2.05, 4.69) is 37.5 Å². The molecular weight excluding hydrogens is 260 g/mol. The molecule has 2 heterocycles. The molecule has 0 aliphatic heterocycles. The third-order valence-corrected chi connectivity index (χ3v) is 2.68. The number of fused-ring (bicyclic) bond motifs is 1. The Bertz CT molecular complexity index is 544. The molecule has 0 saturated heterocycles. The second-order valence-corrected chi connectivity index (χ2v) is 4.41. The number of hydrogen-bond acceptors (Lipinski definition) is 7. The maximum atomic E-state index is 9.67. The Hall–Kier alpha value is -1.93. The maximum Gasteiger partial charge on any atom is 0.226 e. The Morgan fingerprint density at radius 3 is 3.00 bits per heavy atom. The summed E-state index contributed by atoms with van der Waals surface area (Å²) in [4.78, 5) is 15.8. The van der Waals surface area contributed by atoms with Crippen LogP contribution in [0.3, 0.4) is 0 Å². The zero-order valence-corrected chi connectivity index (χ0v) is 11.7. The summed E-state index contributed by atoms with van der Waals surface area (Å²) in [5.41, 5.74) is 1.30. The minimum Gasteiger partial charge on any atom is -0.389 e. The van der Waals surface area contributed by atoms with Crippen LogP contribution in [-0.2, 0) is 4.74 Å². The summed E-state index contributed by atoms with van der Waals surface area (Å²) in [5.74, 6) is 1.14. The molecule has 0 saturated carbocycles. The van der Waals surface area contributed by atoms with E-state index in [4.69, 9.17) is 4.74 Å². The van der Waals surface area contributed by atoms with Gasteiger partial charge in [-0.1, -0.05) is 6.92 Å². The molecule has 2 aromatic rings. The molecule has 20 heavy (non-hydrogen) atoms. The van der Waals surface area contributed by atoms with Gasteiger partial charge in [-0.05, 0) is 6.42 Å².